The Labute approximate surface area is 315 Å². The maximum Gasteiger partial charge on any atom is 0.255 e. The molecule has 3 aromatic heterocycles. The fraction of sp³-hybridized carbons (Fsp3) is 0.513. The second-order valence-electron chi connectivity index (χ2n) is 16.6. The zero-order valence-corrected chi connectivity index (χ0v) is 31.6. The fourth-order valence-electron chi connectivity index (χ4n) is 8.72. The molecule has 10 nitrogen and oxygen atoms in total. The molecule has 0 bridgehead atoms. The third-order valence-electron chi connectivity index (χ3n) is 12.0. The smallest absolute Gasteiger partial charge is 0.255 e. The first-order valence-corrected chi connectivity index (χ1v) is 18.9. The van der Waals surface area contributed by atoms with Crippen LogP contribution < -0.4 is 15.5 Å². The van der Waals surface area contributed by atoms with Crippen molar-refractivity contribution in [1.29, 1.82) is 0 Å². The Kier molecular flexibility index (Phi) is 8.76. The second kappa shape index (κ2) is 12.9. The number of benzene rings is 1. The second-order valence-corrected chi connectivity index (χ2v) is 17.0. The third-order valence-corrected chi connectivity index (χ3v) is 12.4. The van der Waals surface area contributed by atoms with Crippen LogP contribution in [0, 0.1) is 17.0 Å². The molecule has 4 aliphatic rings. The van der Waals surface area contributed by atoms with E-state index in [1.54, 1.807) is 23.2 Å². The average Bonchev–Trinajstić information content (AvgIpc) is 3.64. The maximum atomic E-state index is 15.5. The average molecular weight is 767 g/mol. The quantitative estimate of drug-likeness (QED) is 0.131. The first-order chi connectivity index (χ1) is 25.5. The molecule has 1 spiro atoms. The minimum absolute atomic E-state index is 0.00146. The van der Waals surface area contributed by atoms with Crippen LogP contribution in [0.3, 0.4) is 0 Å². The molecule has 8 rings (SSSR count). The SMILES string of the molecule is CC(C)n1cnc2cc(-c3cnc4c(c3)N(C3CC(C)(N5CCCC6(CC6)C5)C3)C(=O)C4(C)C)nc(Nc3cc(C(=O)NCC(F)F)c(Cl)c(F)c3F)c21. The third kappa shape index (κ3) is 6.00. The van der Waals surface area contributed by atoms with E-state index in [2.05, 4.69) is 22.1 Å². The first-order valence-electron chi connectivity index (χ1n) is 18.5. The van der Waals surface area contributed by atoms with Crippen molar-refractivity contribution in [1.82, 2.24) is 29.7 Å². The number of anilines is 3. The highest BCUT2D eigenvalue weighted by Gasteiger charge is 2.57. The summed E-state index contributed by atoms with van der Waals surface area (Å²) >= 11 is 5.97. The van der Waals surface area contributed by atoms with Crippen LogP contribution in [-0.4, -0.2) is 73.9 Å². The highest BCUT2D eigenvalue weighted by molar-refractivity contribution is 6.34. The molecule has 2 N–H and O–H groups in total. The van der Waals surface area contributed by atoms with E-state index in [-0.39, 0.29) is 29.3 Å². The number of likely N-dealkylation sites (tertiary alicyclic amines) is 1. The molecule has 286 valence electrons. The molecule has 0 unspecified atom stereocenters. The topological polar surface area (TPSA) is 108 Å². The molecule has 0 atom stereocenters. The minimum atomic E-state index is -2.86. The van der Waals surface area contributed by atoms with Crippen molar-refractivity contribution in [2.24, 2.45) is 5.41 Å². The van der Waals surface area contributed by atoms with Gasteiger partial charge in [0.2, 0.25) is 5.91 Å². The zero-order chi connectivity index (χ0) is 38.5. The van der Waals surface area contributed by atoms with Gasteiger partial charge in [-0.15, -0.1) is 0 Å². The van der Waals surface area contributed by atoms with Crippen LogP contribution in [0.4, 0.5) is 34.8 Å². The number of pyridine rings is 2. The van der Waals surface area contributed by atoms with E-state index in [4.69, 9.17) is 21.6 Å². The Morgan fingerprint density at radius 1 is 1.06 bits per heavy atom. The van der Waals surface area contributed by atoms with Gasteiger partial charge in [-0.2, -0.15) is 0 Å². The van der Waals surface area contributed by atoms with E-state index in [9.17, 15) is 18.4 Å². The Hall–Kier alpha value is -4.30. The van der Waals surface area contributed by atoms with Crippen molar-refractivity contribution in [2.45, 2.75) is 103 Å². The molecule has 54 heavy (non-hydrogen) atoms. The van der Waals surface area contributed by atoms with Crippen LogP contribution in [0.2, 0.25) is 5.02 Å². The number of nitrogens with zero attached hydrogens (tertiary/aromatic N) is 6. The van der Waals surface area contributed by atoms with Crippen LogP contribution in [0.1, 0.15) is 95.2 Å². The lowest BCUT2D eigenvalue weighted by molar-refractivity contribution is -0.124. The molecule has 1 saturated heterocycles. The monoisotopic (exact) mass is 766 g/mol. The molecule has 3 fully saturated rings. The molecule has 2 saturated carbocycles. The van der Waals surface area contributed by atoms with Gasteiger partial charge in [0.25, 0.3) is 12.3 Å². The molecule has 2 aliphatic carbocycles. The van der Waals surface area contributed by atoms with Crippen LogP contribution in [0.15, 0.2) is 30.7 Å². The number of rotatable bonds is 9. The van der Waals surface area contributed by atoms with Crippen molar-refractivity contribution in [3.05, 3.63) is 58.6 Å². The van der Waals surface area contributed by atoms with E-state index in [1.807, 2.05) is 44.0 Å². The van der Waals surface area contributed by atoms with Crippen molar-refractivity contribution >= 4 is 51.6 Å². The molecule has 4 aromatic rings. The van der Waals surface area contributed by atoms with Crippen LogP contribution in [0.5, 0.6) is 0 Å². The number of hydrogen-bond donors (Lipinski definition) is 2. The summed E-state index contributed by atoms with van der Waals surface area (Å²) in [4.78, 5) is 45.6. The lowest BCUT2D eigenvalue weighted by Gasteiger charge is -2.56. The highest BCUT2D eigenvalue weighted by Crippen LogP contribution is 2.56. The van der Waals surface area contributed by atoms with Crippen molar-refractivity contribution in [3.8, 4) is 11.3 Å². The van der Waals surface area contributed by atoms with Crippen molar-refractivity contribution in [3.63, 3.8) is 0 Å². The minimum Gasteiger partial charge on any atom is -0.346 e. The summed E-state index contributed by atoms with van der Waals surface area (Å²) in [6.45, 7) is 11.2. The number of carbonyl (C=O) groups is 2. The Morgan fingerprint density at radius 3 is 2.48 bits per heavy atom. The summed E-state index contributed by atoms with van der Waals surface area (Å²) in [5.41, 5.74) is 2.02. The Balaban J connectivity index is 1.16. The summed E-state index contributed by atoms with van der Waals surface area (Å²) in [6.07, 6.45) is 7.28. The van der Waals surface area contributed by atoms with Gasteiger partial charge in [-0.1, -0.05) is 11.6 Å². The predicted molar refractivity (Wildman–Crippen MR) is 199 cm³/mol. The van der Waals surface area contributed by atoms with Gasteiger partial charge in [-0.3, -0.25) is 19.5 Å². The number of fused-ring (bicyclic) bond motifs is 2. The lowest BCUT2D eigenvalue weighted by Crippen LogP contribution is -2.64. The number of halogens is 5. The number of piperidine rings is 1. The van der Waals surface area contributed by atoms with Crippen molar-refractivity contribution in [2.75, 3.05) is 29.9 Å². The molecule has 2 amide bonds. The van der Waals surface area contributed by atoms with Crippen LogP contribution in [0.25, 0.3) is 22.3 Å². The standard InChI is InChI=1S/C39H43ClF4N8O2/c1-20(2)51-19-47-26-13-24(48-34(32(26)51)49-25-12-23(29(40)31(44)30(25)43)35(53)46-17-28(41)42)21-11-27-33(45-16-21)37(3,4)36(54)52(27)22-14-38(5,15-22)50-10-6-7-39(18-50)8-9-39/h11-13,16,19-20,22,28H,6-10,14-15,17-18H2,1-5H3,(H,46,53)(H,48,49). The van der Waals surface area contributed by atoms with Gasteiger partial charge in [-0.25, -0.2) is 27.5 Å². The van der Waals surface area contributed by atoms with E-state index in [1.165, 1.54) is 25.7 Å². The summed E-state index contributed by atoms with van der Waals surface area (Å²) in [5.74, 6) is -3.92. The summed E-state index contributed by atoms with van der Waals surface area (Å²) in [7, 11) is 0. The predicted octanol–water partition coefficient (Wildman–Crippen LogP) is 8.17. The van der Waals surface area contributed by atoms with Gasteiger partial charge in [-0.05, 0) is 103 Å². The van der Waals surface area contributed by atoms with Gasteiger partial charge in [0.1, 0.15) is 5.52 Å². The van der Waals surface area contributed by atoms with E-state index < -0.39 is 52.2 Å². The highest BCUT2D eigenvalue weighted by atomic mass is 35.5. The number of imidazole rings is 1. The molecule has 2 aliphatic heterocycles. The molecular weight excluding hydrogens is 724 g/mol. The van der Waals surface area contributed by atoms with Gasteiger partial charge in [0.15, 0.2) is 17.5 Å². The normalized spacial score (nSPS) is 23.0. The molecule has 0 radical (unpaired) electrons. The van der Waals surface area contributed by atoms with Gasteiger partial charge >= 0.3 is 0 Å². The van der Waals surface area contributed by atoms with E-state index in [0.717, 1.165) is 37.7 Å². The van der Waals surface area contributed by atoms with Gasteiger partial charge in [0.05, 0.1) is 57.2 Å². The summed E-state index contributed by atoms with van der Waals surface area (Å²) in [6, 6.07) is 4.54. The fourth-order valence-corrected chi connectivity index (χ4v) is 8.95. The zero-order valence-electron chi connectivity index (χ0n) is 30.9. The number of amides is 2. The van der Waals surface area contributed by atoms with Gasteiger partial charge < -0.3 is 20.1 Å². The number of carbonyl (C=O) groups excluding carboxylic acids is 2. The van der Waals surface area contributed by atoms with Crippen molar-refractivity contribution < 1.29 is 27.2 Å². The molecule has 15 heteroatoms. The van der Waals surface area contributed by atoms with Gasteiger partial charge in [0, 0.05) is 35.9 Å². The number of alkyl halides is 2. The lowest BCUT2D eigenvalue weighted by atomic mass is 9.70. The Morgan fingerprint density at radius 2 is 1.80 bits per heavy atom. The van der Waals surface area contributed by atoms with E-state index >= 15 is 8.78 Å². The maximum absolute atomic E-state index is 15.5. The molecular formula is C39H43ClF4N8O2. The van der Waals surface area contributed by atoms with Crippen LogP contribution in [-0.2, 0) is 10.2 Å². The number of hydrogen-bond acceptors (Lipinski definition) is 7. The Bertz CT molecular complexity index is 2200. The molecule has 5 heterocycles. The summed E-state index contributed by atoms with van der Waals surface area (Å²) < 4.78 is 58.0. The number of aromatic nitrogens is 4. The number of nitrogens with one attached hydrogen (secondary N) is 2. The van der Waals surface area contributed by atoms with Crippen LogP contribution >= 0.6 is 11.6 Å². The first kappa shape index (κ1) is 36.7. The van der Waals surface area contributed by atoms with E-state index in [0.29, 0.717) is 33.4 Å². The largest absolute Gasteiger partial charge is 0.346 e. The molecule has 1 aromatic carbocycles. The summed E-state index contributed by atoms with van der Waals surface area (Å²) in [5, 5.41) is 3.97.